The molecule has 1 atom stereocenters. The summed E-state index contributed by atoms with van der Waals surface area (Å²) in [5, 5.41) is 6.71. The van der Waals surface area contributed by atoms with E-state index in [9.17, 15) is 0 Å². The molecule has 0 saturated carbocycles. The summed E-state index contributed by atoms with van der Waals surface area (Å²) in [6, 6.07) is 8.68. The fourth-order valence-corrected chi connectivity index (χ4v) is 2.32. The normalized spacial score (nSPS) is 13.0. The van der Waals surface area contributed by atoms with Crippen molar-refractivity contribution in [2.75, 3.05) is 33.3 Å². The minimum Gasteiger partial charge on any atom is -0.494 e. The number of benzene rings is 1. The van der Waals surface area contributed by atoms with Crippen molar-refractivity contribution in [2.45, 2.75) is 46.7 Å². The zero-order chi connectivity index (χ0) is 17.8. The second kappa shape index (κ2) is 11.7. The molecule has 0 heterocycles. The summed E-state index contributed by atoms with van der Waals surface area (Å²) in [5.74, 6) is 1.76. The van der Waals surface area contributed by atoms with Gasteiger partial charge in [-0.2, -0.15) is 0 Å². The number of ether oxygens (including phenoxy) is 1. The lowest BCUT2D eigenvalue weighted by molar-refractivity contribution is 0.255. The van der Waals surface area contributed by atoms with Crippen LogP contribution in [-0.4, -0.2) is 50.2 Å². The van der Waals surface area contributed by atoms with Crippen LogP contribution in [0.15, 0.2) is 29.3 Å². The molecule has 5 heteroatoms. The van der Waals surface area contributed by atoms with Gasteiger partial charge in [-0.3, -0.25) is 0 Å². The molecule has 0 amide bonds. The Balaban J connectivity index is 2.59. The summed E-state index contributed by atoms with van der Waals surface area (Å²) in [6.45, 7) is 12.5. The van der Waals surface area contributed by atoms with E-state index < -0.39 is 0 Å². The van der Waals surface area contributed by atoms with Gasteiger partial charge in [0, 0.05) is 31.2 Å². The summed E-state index contributed by atoms with van der Waals surface area (Å²) < 4.78 is 5.66. The third kappa shape index (κ3) is 7.21. The Labute approximate surface area is 147 Å². The quantitative estimate of drug-likeness (QED) is 0.510. The van der Waals surface area contributed by atoms with Gasteiger partial charge in [-0.15, -0.1) is 0 Å². The zero-order valence-electron chi connectivity index (χ0n) is 15.9. The molecule has 1 unspecified atom stereocenters. The molecule has 0 aliphatic heterocycles. The first-order valence-corrected chi connectivity index (χ1v) is 9.05. The molecule has 1 aromatic carbocycles. The van der Waals surface area contributed by atoms with Gasteiger partial charge in [0.2, 0.25) is 0 Å². The maximum atomic E-state index is 5.66. The smallest absolute Gasteiger partial charge is 0.191 e. The minimum absolute atomic E-state index is 0.601. The lowest BCUT2D eigenvalue weighted by atomic mass is 10.2. The number of para-hydroxylation sites is 1. The first kappa shape index (κ1) is 20.3. The number of hydrogen-bond acceptors (Lipinski definition) is 3. The van der Waals surface area contributed by atoms with E-state index in [4.69, 9.17) is 4.74 Å². The molecule has 0 fully saturated rings. The summed E-state index contributed by atoms with van der Waals surface area (Å²) in [4.78, 5) is 7.05. The highest BCUT2D eigenvalue weighted by Gasteiger charge is 2.07. The van der Waals surface area contributed by atoms with Crippen molar-refractivity contribution in [2.24, 2.45) is 4.99 Å². The Morgan fingerprint density at radius 1 is 1.21 bits per heavy atom. The molecule has 0 spiro atoms. The summed E-state index contributed by atoms with van der Waals surface area (Å²) in [6.07, 6.45) is 1.17. The second-order valence-electron chi connectivity index (χ2n) is 5.90. The molecule has 5 nitrogen and oxygen atoms in total. The summed E-state index contributed by atoms with van der Waals surface area (Å²) >= 11 is 0. The van der Waals surface area contributed by atoms with E-state index >= 15 is 0 Å². The van der Waals surface area contributed by atoms with Crippen LogP contribution in [0, 0.1) is 0 Å². The molecule has 0 aliphatic rings. The van der Waals surface area contributed by atoms with Crippen LogP contribution < -0.4 is 15.4 Å². The van der Waals surface area contributed by atoms with Crippen LogP contribution >= 0.6 is 0 Å². The van der Waals surface area contributed by atoms with Crippen LogP contribution in [0.5, 0.6) is 5.75 Å². The molecular formula is C19H34N4O. The highest BCUT2D eigenvalue weighted by Crippen LogP contribution is 2.18. The molecule has 0 aromatic heterocycles. The highest BCUT2D eigenvalue weighted by atomic mass is 16.5. The van der Waals surface area contributed by atoms with E-state index in [2.05, 4.69) is 54.4 Å². The van der Waals surface area contributed by atoms with Crippen molar-refractivity contribution < 1.29 is 4.74 Å². The van der Waals surface area contributed by atoms with Gasteiger partial charge in [0.25, 0.3) is 0 Å². The molecule has 0 bridgehead atoms. The fraction of sp³-hybridized carbons (Fsp3) is 0.632. The molecule has 2 N–H and O–H groups in total. The van der Waals surface area contributed by atoms with Crippen LogP contribution in [-0.2, 0) is 6.54 Å². The van der Waals surface area contributed by atoms with Crippen molar-refractivity contribution in [1.29, 1.82) is 0 Å². The Kier molecular flexibility index (Phi) is 9.92. The number of nitrogens with one attached hydrogen (secondary N) is 2. The third-order valence-electron chi connectivity index (χ3n) is 4.12. The number of nitrogens with zero attached hydrogens (tertiary/aromatic N) is 2. The molecule has 1 aromatic rings. The van der Waals surface area contributed by atoms with Gasteiger partial charge in [-0.05, 0) is 40.3 Å². The van der Waals surface area contributed by atoms with Crippen LogP contribution in [0.2, 0.25) is 0 Å². The van der Waals surface area contributed by atoms with Crippen molar-refractivity contribution >= 4 is 5.96 Å². The first-order chi connectivity index (χ1) is 11.6. The average molecular weight is 335 g/mol. The maximum absolute atomic E-state index is 5.66. The Bertz CT molecular complexity index is 490. The van der Waals surface area contributed by atoms with Gasteiger partial charge >= 0.3 is 0 Å². The van der Waals surface area contributed by atoms with E-state index in [0.717, 1.165) is 36.9 Å². The van der Waals surface area contributed by atoms with E-state index in [1.807, 2.05) is 25.1 Å². The molecule has 0 radical (unpaired) electrons. The molecule has 0 aliphatic carbocycles. The lowest BCUT2D eigenvalue weighted by Crippen LogP contribution is -2.42. The standard InChI is InChI=1S/C19H34N4O/c1-6-16(4)23(5)14-13-21-19(20-7-2)22-15-17-11-9-10-12-18(17)24-8-3/h9-12,16H,6-8,13-15H2,1-5H3,(H2,20,21,22). The van der Waals surface area contributed by atoms with E-state index in [1.54, 1.807) is 0 Å². The van der Waals surface area contributed by atoms with Gasteiger partial charge in [-0.25, -0.2) is 4.99 Å². The van der Waals surface area contributed by atoms with Crippen LogP contribution in [0.4, 0.5) is 0 Å². The van der Waals surface area contributed by atoms with Crippen LogP contribution in [0.3, 0.4) is 0 Å². The third-order valence-corrected chi connectivity index (χ3v) is 4.12. The number of rotatable bonds is 10. The van der Waals surface area contributed by atoms with Crippen LogP contribution in [0.1, 0.15) is 39.7 Å². The van der Waals surface area contributed by atoms with Crippen LogP contribution in [0.25, 0.3) is 0 Å². The zero-order valence-corrected chi connectivity index (χ0v) is 15.9. The molecule has 136 valence electrons. The van der Waals surface area contributed by atoms with Gasteiger partial charge in [-0.1, -0.05) is 25.1 Å². The van der Waals surface area contributed by atoms with Crippen molar-refractivity contribution in [3.63, 3.8) is 0 Å². The largest absolute Gasteiger partial charge is 0.494 e. The summed E-state index contributed by atoms with van der Waals surface area (Å²) in [5.41, 5.74) is 1.10. The molecular weight excluding hydrogens is 300 g/mol. The van der Waals surface area contributed by atoms with E-state index in [0.29, 0.717) is 19.2 Å². The van der Waals surface area contributed by atoms with Crippen molar-refractivity contribution in [3.05, 3.63) is 29.8 Å². The number of guanidine groups is 1. The van der Waals surface area contributed by atoms with E-state index in [-0.39, 0.29) is 0 Å². The van der Waals surface area contributed by atoms with E-state index in [1.165, 1.54) is 6.42 Å². The molecule has 1 rings (SSSR count). The van der Waals surface area contributed by atoms with Gasteiger partial charge in [0.15, 0.2) is 5.96 Å². The fourth-order valence-electron chi connectivity index (χ4n) is 2.32. The second-order valence-corrected chi connectivity index (χ2v) is 5.90. The average Bonchev–Trinajstić information content (AvgIpc) is 2.60. The SMILES string of the molecule is CCNC(=NCc1ccccc1OCC)NCCN(C)C(C)CC. The highest BCUT2D eigenvalue weighted by molar-refractivity contribution is 5.79. The summed E-state index contributed by atoms with van der Waals surface area (Å²) in [7, 11) is 2.16. The maximum Gasteiger partial charge on any atom is 0.191 e. The van der Waals surface area contributed by atoms with Gasteiger partial charge in [0.1, 0.15) is 5.75 Å². The molecule has 24 heavy (non-hydrogen) atoms. The number of aliphatic imine (C=N–C) groups is 1. The predicted octanol–water partition coefficient (Wildman–Crippen LogP) is 2.87. The Hall–Kier alpha value is -1.75. The van der Waals surface area contributed by atoms with Gasteiger partial charge < -0.3 is 20.3 Å². The predicted molar refractivity (Wildman–Crippen MR) is 103 cm³/mol. The Morgan fingerprint density at radius 2 is 1.96 bits per heavy atom. The van der Waals surface area contributed by atoms with Crippen molar-refractivity contribution in [3.8, 4) is 5.75 Å². The minimum atomic E-state index is 0.601. The molecule has 0 saturated heterocycles. The number of likely N-dealkylation sites (N-methyl/N-ethyl adjacent to an activating group) is 1. The first-order valence-electron chi connectivity index (χ1n) is 9.05. The number of hydrogen-bond donors (Lipinski definition) is 2. The lowest BCUT2D eigenvalue weighted by Gasteiger charge is -2.24. The van der Waals surface area contributed by atoms with Gasteiger partial charge in [0.05, 0.1) is 13.2 Å². The monoisotopic (exact) mass is 334 g/mol. The topological polar surface area (TPSA) is 48.9 Å². The van der Waals surface area contributed by atoms with Crippen molar-refractivity contribution in [1.82, 2.24) is 15.5 Å². The Morgan fingerprint density at radius 3 is 2.62 bits per heavy atom.